The number of likely N-dealkylation sites (tertiary alicyclic amines) is 1. The molecule has 1 atom stereocenters. The molecular weight excluding hydrogens is 442 g/mol. The summed E-state index contributed by atoms with van der Waals surface area (Å²) in [6.45, 7) is 6.85. The quantitative estimate of drug-likeness (QED) is 0.616. The van der Waals surface area contributed by atoms with Crippen molar-refractivity contribution in [3.05, 3.63) is 59.1 Å². The van der Waals surface area contributed by atoms with Gasteiger partial charge >= 0.3 is 6.09 Å². The maximum atomic E-state index is 13.4. The van der Waals surface area contributed by atoms with Crippen molar-refractivity contribution < 1.29 is 19.1 Å². The SMILES string of the molecule is COc1ccc(NC(=O)C(c2ccccc2)N2CCC(NC(=O)OC(C)(C)C)CC2)cc1Cl. The summed E-state index contributed by atoms with van der Waals surface area (Å²) < 4.78 is 10.6. The highest BCUT2D eigenvalue weighted by atomic mass is 35.5. The summed E-state index contributed by atoms with van der Waals surface area (Å²) in [7, 11) is 1.55. The average Bonchev–Trinajstić information content (AvgIpc) is 2.75. The maximum absolute atomic E-state index is 13.4. The first kappa shape index (κ1) is 24.9. The largest absolute Gasteiger partial charge is 0.495 e. The summed E-state index contributed by atoms with van der Waals surface area (Å²) in [5.41, 5.74) is 0.979. The zero-order chi connectivity index (χ0) is 24.0. The van der Waals surface area contributed by atoms with Gasteiger partial charge in [0.2, 0.25) is 5.91 Å². The molecule has 2 N–H and O–H groups in total. The highest BCUT2D eigenvalue weighted by Gasteiger charge is 2.32. The summed E-state index contributed by atoms with van der Waals surface area (Å²) in [6.07, 6.45) is 1.05. The number of carbonyl (C=O) groups is 2. The number of methoxy groups -OCH3 is 1. The van der Waals surface area contributed by atoms with Crippen LogP contribution in [0.2, 0.25) is 5.02 Å². The molecule has 0 saturated carbocycles. The van der Waals surface area contributed by atoms with E-state index < -0.39 is 17.7 Å². The van der Waals surface area contributed by atoms with Crippen molar-refractivity contribution >= 4 is 29.3 Å². The Morgan fingerprint density at radius 3 is 2.33 bits per heavy atom. The van der Waals surface area contributed by atoms with Gasteiger partial charge in [-0.25, -0.2) is 4.79 Å². The predicted octanol–water partition coefficient (Wildman–Crippen LogP) is 5.02. The zero-order valence-electron chi connectivity index (χ0n) is 19.6. The van der Waals surface area contributed by atoms with E-state index in [1.54, 1.807) is 25.3 Å². The van der Waals surface area contributed by atoms with Crippen molar-refractivity contribution in [2.45, 2.75) is 51.3 Å². The van der Waals surface area contributed by atoms with E-state index in [0.29, 0.717) is 29.5 Å². The Hall–Kier alpha value is -2.77. The van der Waals surface area contributed by atoms with E-state index in [4.69, 9.17) is 21.1 Å². The maximum Gasteiger partial charge on any atom is 0.407 e. The first-order chi connectivity index (χ1) is 15.7. The van der Waals surface area contributed by atoms with Crippen molar-refractivity contribution in [1.29, 1.82) is 0 Å². The molecule has 3 rings (SSSR count). The molecule has 2 amide bonds. The van der Waals surface area contributed by atoms with Crippen LogP contribution in [-0.4, -0.2) is 48.7 Å². The third-order valence-corrected chi connectivity index (χ3v) is 5.69. The fourth-order valence-electron chi connectivity index (χ4n) is 3.89. The molecule has 8 heteroatoms. The van der Waals surface area contributed by atoms with Gasteiger partial charge in [0.05, 0.1) is 12.1 Å². The number of amides is 2. The molecule has 0 bridgehead atoms. The van der Waals surface area contributed by atoms with E-state index in [0.717, 1.165) is 18.4 Å². The Morgan fingerprint density at radius 2 is 1.76 bits per heavy atom. The summed E-state index contributed by atoms with van der Waals surface area (Å²) in [5, 5.41) is 6.37. The van der Waals surface area contributed by atoms with Crippen molar-refractivity contribution in [1.82, 2.24) is 10.2 Å². The average molecular weight is 474 g/mol. The fourth-order valence-corrected chi connectivity index (χ4v) is 4.15. The third-order valence-electron chi connectivity index (χ3n) is 5.40. The van der Waals surface area contributed by atoms with Gasteiger partial charge in [-0.3, -0.25) is 9.69 Å². The molecule has 1 unspecified atom stereocenters. The number of rotatable bonds is 6. The number of alkyl carbamates (subject to hydrolysis) is 1. The molecule has 0 aromatic heterocycles. The summed E-state index contributed by atoms with van der Waals surface area (Å²) in [5.74, 6) is 0.412. The summed E-state index contributed by atoms with van der Waals surface area (Å²) in [6, 6.07) is 14.4. The minimum Gasteiger partial charge on any atom is -0.495 e. The first-order valence-electron chi connectivity index (χ1n) is 11.1. The lowest BCUT2D eigenvalue weighted by Crippen LogP contribution is -2.48. The lowest BCUT2D eigenvalue weighted by Gasteiger charge is -2.37. The molecule has 1 saturated heterocycles. The normalized spacial score (nSPS) is 16.0. The molecule has 0 aliphatic carbocycles. The van der Waals surface area contributed by atoms with Crippen LogP contribution in [-0.2, 0) is 9.53 Å². The van der Waals surface area contributed by atoms with Gasteiger partial charge in [0.25, 0.3) is 0 Å². The van der Waals surface area contributed by atoms with Gasteiger partial charge in [0, 0.05) is 24.8 Å². The Kier molecular flexibility index (Phi) is 8.21. The topological polar surface area (TPSA) is 79.9 Å². The number of benzene rings is 2. The molecule has 1 aliphatic rings. The first-order valence-corrected chi connectivity index (χ1v) is 11.5. The van der Waals surface area contributed by atoms with Crippen molar-refractivity contribution in [2.75, 3.05) is 25.5 Å². The highest BCUT2D eigenvalue weighted by Crippen LogP contribution is 2.30. The number of anilines is 1. The van der Waals surface area contributed by atoms with Gasteiger partial charge in [-0.2, -0.15) is 0 Å². The molecule has 1 aliphatic heterocycles. The van der Waals surface area contributed by atoms with E-state index in [9.17, 15) is 9.59 Å². The monoisotopic (exact) mass is 473 g/mol. The second-order valence-electron chi connectivity index (χ2n) is 9.11. The molecule has 7 nitrogen and oxygen atoms in total. The Balaban J connectivity index is 1.69. The standard InChI is InChI=1S/C25H32ClN3O4/c1-25(2,3)33-24(31)28-18-12-14-29(15-13-18)22(17-8-6-5-7-9-17)23(30)27-19-10-11-21(32-4)20(26)16-19/h5-11,16,18,22H,12-15H2,1-4H3,(H,27,30)(H,28,31). The predicted molar refractivity (Wildman–Crippen MR) is 130 cm³/mol. The van der Waals surface area contributed by atoms with E-state index in [1.807, 2.05) is 51.1 Å². The van der Waals surface area contributed by atoms with Crippen LogP contribution in [0.1, 0.15) is 45.2 Å². The van der Waals surface area contributed by atoms with Crippen LogP contribution in [0.15, 0.2) is 48.5 Å². The van der Waals surface area contributed by atoms with Gasteiger partial charge in [0.1, 0.15) is 17.4 Å². The molecule has 0 spiro atoms. The van der Waals surface area contributed by atoms with Crippen LogP contribution < -0.4 is 15.4 Å². The van der Waals surface area contributed by atoms with E-state index in [-0.39, 0.29) is 11.9 Å². The van der Waals surface area contributed by atoms with Gasteiger partial charge in [-0.1, -0.05) is 41.9 Å². The number of nitrogens with zero attached hydrogens (tertiary/aromatic N) is 1. The van der Waals surface area contributed by atoms with Crippen molar-refractivity contribution in [2.24, 2.45) is 0 Å². The van der Waals surface area contributed by atoms with Crippen LogP contribution in [0.5, 0.6) is 5.75 Å². The molecule has 2 aromatic rings. The molecule has 1 heterocycles. The molecule has 33 heavy (non-hydrogen) atoms. The van der Waals surface area contributed by atoms with Crippen molar-refractivity contribution in [3.63, 3.8) is 0 Å². The number of hydrogen-bond donors (Lipinski definition) is 2. The highest BCUT2D eigenvalue weighted by molar-refractivity contribution is 6.32. The lowest BCUT2D eigenvalue weighted by molar-refractivity contribution is -0.122. The summed E-state index contributed by atoms with van der Waals surface area (Å²) in [4.78, 5) is 27.6. The van der Waals surface area contributed by atoms with Gasteiger partial charge in [-0.05, 0) is 57.4 Å². The van der Waals surface area contributed by atoms with Gasteiger partial charge in [0.15, 0.2) is 0 Å². The molecule has 178 valence electrons. The summed E-state index contributed by atoms with van der Waals surface area (Å²) >= 11 is 6.22. The second kappa shape index (κ2) is 10.9. The van der Waals surface area contributed by atoms with Crippen LogP contribution in [0.25, 0.3) is 0 Å². The number of ether oxygens (including phenoxy) is 2. The van der Waals surface area contributed by atoms with Crippen LogP contribution in [0.3, 0.4) is 0 Å². The Bertz CT molecular complexity index is 954. The molecule has 1 fully saturated rings. The van der Waals surface area contributed by atoms with Crippen LogP contribution >= 0.6 is 11.6 Å². The smallest absolute Gasteiger partial charge is 0.407 e. The molecule has 0 radical (unpaired) electrons. The van der Waals surface area contributed by atoms with Gasteiger partial charge < -0.3 is 20.1 Å². The second-order valence-corrected chi connectivity index (χ2v) is 9.52. The molecule has 2 aromatic carbocycles. The lowest BCUT2D eigenvalue weighted by atomic mass is 9.98. The number of hydrogen-bond acceptors (Lipinski definition) is 5. The Morgan fingerprint density at radius 1 is 1.09 bits per heavy atom. The number of carbonyl (C=O) groups excluding carboxylic acids is 2. The van der Waals surface area contributed by atoms with Gasteiger partial charge in [-0.15, -0.1) is 0 Å². The zero-order valence-corrected chi connectivity index (χ0v) is 20.3. The number of halogens is 1. The number of nitrogens with one attached hydrogen (secondary N) is 2. The minimum atomic E-state index is -0.536. The van der Waals surface area contributed by atoms with E-state index in [2.05, 4.69) is 15.5 Å². The third kappa shape index (κ3) is 7.11. The fraction of sp³-hybridized carbons (Fsp3) is 0.440. The number of piperidine rings is 1. The van der Waals surface area contributed by atoms with E-state index in [1.165, 1.54) is 0 Å². The van der Waals surface area contributed by atoms with Crippen molar-refractivity contribution in [3.8, 4) is 5.75 Å². The van der Waals surface area contributed by atoms with E-state index >= 15 is 0 Å². The van der Waals surface area contributed by atoms with Crippen LogP contribution in [0.4, 0.5) is 10.5 Å². The minimum absolute atomic E-state index is 0.0102. The Labute approximate surface area is 200 Å². The van der Waals surface area contributed by atoms with Crippen LogP contribution in [0, 0.1) is 0 Å². The molecular formula is C25H32ClN3O4.